The van der Waals surface area contributed by atoms with E-state index in [1.54, 1.807) is 0 Å². The predicted molar refractivity (Wildman–Crippen MR) is 56.9 cm³/mol. The lowest BCUT2D eigenvalue weighted by molar-refractivity contribution is -0.127. The van der Waals surface area contributed by atoms with Crippen molar-refractivity contribution in [1.82, 2.24) is 5.32 Å². The lowest BCUT2D eigenvalue weighted by Gasteiger charge is -2.35. The molecule has 15 heavy (non-hydrogen) atoms. The molecule has 2 fully saturated rings. The summed E-state index contributed by atoms with van der Waals surface area (Å²) in [5.74, 6) is 1.54. The van der Waals surface area contributed by atoms with E-state index in [4.69, 9.17) is 0 Å². The van der Waals surface area contributed by atoms with Gasteiger partial charge in [0.05, 0.1) is 5.92 Å². The average molecular weight is 209 g/mol. The Morgan fingerprint density at radius 3 is 2.53 bits per heavy atom. The molecule has 0 bridgehead atoms. The monoisotopic (exact) mass is 209 g/mol. The number of imide groups is 1. The summed E-state index contributed by atoms with van der Waals surface area (Å²) < 4.78 is 0. The Hall–Kier alpha value is -0.860. The second-order valence-electron chi connectivity index (χ2n) is 5.28. The molecule has 1 heterocycles. The zero-order valence-electron chi connectivity index (χ0n) is 9.45. The molecule has 0 spiro atoms. The zero-order valence-corrected chi connectivity index (χ0v) is 9.45. The molecule has 1 aliphatic heterocycles. The number of nitrogens with one attached hydrogen (secondary N) is 1. The lowest BCUT2D eigenvalue weighted by Crippen LogP contribution is -2.33. The van der Waals surface area contributed by atoms with Gasteiger partial charge >= 0.3 is 0 Å². The highest BCUT2D eigenvalue weighted by molar-refractivity contribution is 6.03. The van der Waals surface area contributed by atoms with Gasteiger partial charge in [0.25, 0.3) is 0 Å². The minimum absolute atomic E-state index is 0.0362. The summed E-state index contributed by atoms with van der Waals surface area (Å²) in [6, 6.07) is 0. The van der Waals surface area contributed by atoms with Gasteiger partial charge in [-0.15, -0.1) is 0 Å². The van der Waals surface area contributed by atoms with Crippen LogP contribution in [0.3, 0.4) is 0 Å². The van der Waals surface area contributed by atoms with E-state index in [9.17, 15) is 9.59 Å². The number of hydrogen-bond donors (Lipinski definition) is 1. The SMILES string of the molecule is CC1CCC(C)C(C2CC(=O)NC2=O)C1. The molecule has 4 atom stereocenters. The Labute approximate surface area is 90.6 Å². The van der Waals surface area contributed by atoms with Crippen LogP contribution in [-0.2, 0) is 9.59 Å². The van der Waals surface area contributed by atoms with Gasteiger partial charge < -0.3 is 0 Å². The van der Waals surface area contributed by atoms with Gasteiger partial charge in [0.1, 0.15) is 0 Å². The van der Waals surface area contributed by atoms with Crippen molar-refractivity contribution < 1.29 is 9.59 Å². The van der Waals surface area contributed by atoms with Gasteiger partial charge in [-0.05, 0) is 24.2 Å². The standard InChI is InChI=1S/C12H19NO2/c1-7-3-4-8(2)9(5-7)10-6-11(14)13-12(10)15/h7-10H,3-6H2,1-2H3,(H,13,14,15). The van der Waals surface area contributed by atoms with E-state index in [0.717, 1.165) is 6.42 Å². The first-order chi connectivity index (χ1) is 7.08. The number of amides is 2. The Morgan fingerprint density at radius 1 is 1.20 bits per heavy atom. The van der Waals surface area contributed by atoms with Gasteiger partial charge in [0, 0.05) is 6.42 Å². The molecule has 0 aromatic carbocycles. The third kappa shape index (κ3) is 2.06. The molecule has 2 amide bonds. The van der Waals surface area contributed by atoms with Crippen LogP contribution in [0.1, 0.15) is 39.5 Å². The molecule has 1 saturated heterocycles. The second-order valence-corrected chi connectivity index (χ2v) is 5.28. The maximum atomic E-state index is 11.6. The maximum Gasteiger partial charge on any atom is 0.230 e. The van der Waals surface area contributed by atoms with Gasteiger partial charge in [0.15, 0.2) is 0 Å². The number of carbonyl (C=O) groups is 2. The summed E-state index contributed by atoms with van der Waals surface area (Å²) in [4.78, 5) is 22.8. The molecule has 0 aromatic heterocycles. The predicted octanol–water partition coefficient (Wildman–Crippen LogP) is 1.72. The largest absolute Gasteiger partial charge is 0.296 e. The smallest absolute Gasteiger partial charge is 0.230 e. The summed E-state index contributed by atoms with van der Waals surface area (Å²) in [6.45, 7) is 4.46. The van der Waals surface area contributed by atoms with Gasteiger partial charge in [-0.1, -0.05) is 26.7 Å². The van der Waals surface area contributed by atoms with Crippen molar-refractivity contribution >= 4 is 11.8 Å². The third-order valence-electron chi connectivity index (χ3n) is 4.04. The summed E-state index contributed by atoms with van der Waals surface area (Å²) in [5, 5.41) is 2.42. The van der Waals surface area contributed by atoms with Crippen molar-refractivity contribution in [2.45, 2.75) is 39.5 Å². The van der Waals surface area contributed by atoms with Crippen LogP contribution in [0.25, 0.3) is 0 Å². The Bertz CT molecular complexity index is 287. The topological polar surface area (TPSA) is 46.2 Å². The molecular formula is C12H19NO2. The zero-order chi connectivity index (χ0) is 11.0. The molecule has 2 rings (SSSR count). The van der Waals surface area contributed by atoms with Crippen molar-refractivity contribution in [2.75, 3.05) is 0 Å². The Kier molecular flexibility index (Phi) is 2.81. The second kappa shape index (κ2) is 3.95. The molecule has 0 radical (unpaired) electrons. The molecule has 3 nitrogen and oxygen atoms in total. The molecule has 1 saturated carbocycles. The van der Waals surface area contributed by atoms with Crippen molar-refractivity contribution in [3.63, 3.8) is 0 Å². The fourth-order valence-corrected chi connectivity index (χ4v) is 3.06. The molecule has 4 unspecified atom stereocenters. The molecule has 1 aliphatic carbocycles. The highest BCUT2D eigenvalue weighted by Crippen LogP contribution is 2.40. The minimum Gasteiger partial charge on any atom is -0.296 e. The molecule has 3 heteroatoms. The van der Waals surface area contributed by atoms with Crippen LogP contribution in [0.2, 0.25) is 0 Å². The number of carbonyl (C=O) groups excluding carboxylic acids is 2. The fraction of sp³-hybridized carbons (Fsp3) is 0.833. The highest BCUT2D eigenvalue weighted by Gasteiger charge is 2.40. The van der Waals surface area contributed by atoms with Crippen LogP contribution in [0.4, 0.5) is 0 Å². The summed E-state index contributed by atoms with van der Waals surface area (Å²) in [6.07, 6.45) is 3.98. The third-order valence-corrected chi connectivity index (χ3v) is 4.04. The van der Waals surface area contributed by atoms with Crippen LogP contribution in [0, 0.1) is 23.7 Å². The lowest BCUT2D eigenvalue weighted by atomic mass is 9.69. The molecule has 84 valence electrons. The minimum atomic E-state index is -0.0876. The quantitative estimate of drug-likeness (QED) is 0.668. The summed E-state index contributed by atoms with van der Waals surface area (Å²) in [7, 11) is 0. The van der Waals surface area contributed by atoms with Gasteiger partial charge in [0.2, 0.25) is 11.8 Å². The van der Waals surface area contributed by atoms with Crippen molar-refractivity contribution in [3.8, 4) is 0 Å². The van der Waals surface area contributed by atoms with Gasteiger partial charge in [-0.25, -0.2) is 0 Å². The summed E-state index contributed by atoms with van der Waals surface area (Å²) >= 11 is 0. The first-order valence-electron chi connectivity index (χ1n) is 5.91. The van der Waals surface area contributed by atoms with E-state index in [2.05, 4.69) is 19.2 Å². The van der Waals surface area contributed by atoms with E-state index >= 15 is 0 Å². The highest BCUT2D eigenvalue weighted by atomic mass is 16.2. The van der Waals surface area contributed by atoms with E-state index < -0.39 is 0 Å². The maximum absolute atomic E-state index is 11.6. The fourth-order valence-electron chi connectivity index (χ4n) is 3.06. The first-order valence-corrected chi connectivity index (χ1v) is 5.91. The van der Waals surface area contributed by atoms with Crippen LogP contribution < -0.4 is 5.32 Å². The normalized spacial score (nSPS) is 41.7. The molecule has 0 aromatic rings. The molecule has 2 aliphatic rings. The summed E-state index contributed by atoms with van der Waals surface area (Å²) in [5.41, 5.74) is 0. The van der Waals surface area contributed by atoms with E-state index in [-0.39, 0.29) is 17.7 Å². The van der Waals surface area contributed by atoms with Gasteiger partial charge in [-0.3, -0.25) is 14.9 Å². The molecular weight excluding hydrogens is 190 g/mol. The van der Waals surface area contributed by atoms with Crippen molar-refractivity contribution in [2.24, 2.45) is 23.7 Å². The Morgan fingerprint density at radius 2 is 1.93 bits per heavy atom. The van der Waals surface area contributed by atoms with Crippen LogP contribution >= 0.6 is 0 Å². The van der Waals surface area contributed by atoms with Crippen LogP contribution in [-0.4, -0.2) is 11.8 Å². The van der Waals surface area contributed by atoms with Crippen molar-refractivity contribution in [3.05, 3.63) is 0 Å². The van der Waals surface area contributed by atoms with Crippen LogP contribution in [0.15, 0.2) is 0 Å². The van der Waals surface area contributed by atoms with E-state index in [0.29, 0.717) is 24.2 Å². The van der Waals surface area contributed by atoms with Gasteiger partial charge in [-0.2, -0.15) is 0 Å². The first kappa shape index (κ1) is 10.7. The average Bonchev–Trinajstić information content (AvgIpc) is 2.50. The van der Waals surface area contributed by atoms with E-state index in [1.807, 2.05) is 0 Å². The number of rotatable bonds is 1. The molecule has 1 N–H and O–H groups in total. The van der Waals surface area contributed by atoms with Crippen molar-refractivity contribution in [1.29, 1.82) is 0 Å². The van der Waals surface area contributed by atoms with E-state index in [1.165, 1.54) is 12.8 Å². The number of hydrogen-bond acceptors (Lipinski definition) is 2. The van der Waals surface area contributed by atoms with Crippen LogP contribution in [0.5, 0.6) is 0 Å². The Balaban J connectivity index is 2.08.